The van der Waals surface area contributed by atoms with Crippen LogP contribution >= 0.6 is 0 Å². The van der Waals surface area contributed by atoms with Crippen molar-refractivity contribution in [2.24, 2.45) is 0 Å². The molecule has 1 aromatic carbocycles. The van der Waals surface area contributed by atoms with Crippen LogP contribution in [0.15, 0.2) is 19.7 Å². The van der Waals surface area contributed by atoms with Crippen LogP contribution < -0.4 is 10.9 Å². The number of ether oxygens (including phenoxy) is 1. The number of hydrogen-bond acceptors (Lipinski definition) is 6. The van der Waals surface area contributed by atoms with Crippen molar-refractivity contribution in [1.29, 1.82) is 0 Å². The molecule has 0 aliphatic heterocycles. The van der Waals surface area contributed by atoms with E-state index in [1.54, 1.807) is 0 Å². The monoisotopic (exact) mass is 399 g/mol. The minimum Gasteiger partial charge on any atom is -0.469 e. The molecular weight excluding hydrogens is 374 g/mol. The normalized spacial score (nSPS) is 11.2. The van der Waals surface area contributed by atoms with Crippen LogP contribution in [0.25, 0.3) is 21.9 Å². The summed E-state index contributed by atoms with van der Waals surface area (Å²) < 4.78 is 16.0. The van der Waals surface area contributed by atoms with Crippen LogP contribution in [0, 0.1) is 27.7 Å². The van der Waals surface area contributed by atoms with Crippen molar-refractivity contribution in [3.63, 3.8) is 0 Å². The highest BCUT2D eigenvalue weighted by Gasteiger charge is 2.19. The molecule has 0 radical (unpaired) electrons. The number of methoxy groups -OCH3 is 1. The number of amides is 1. The topological polar surface area (TPSA) is 98.8 Å². The van der Waals surface area contributed by atoms with E-state index in [1.165, 1.54) is 7.11 Å². The standard InChI is InChI=1S/C22H25NO6/c1-11-14(4)28-20-13(3)21-17(10-16(11)20)12(2)15(22(26)29-21)6-7-18(24)23-9-8-19(25)27-5/h10H,6-9H2,1-5H3,(H,23,24). The lowest BCUT2D eigenvalue weighted by molar-refractivity contribution is -0.140. The summed E-state index contributed by atoms with van der Waals surface area (Å²) >= 11 is 0. The molecule has 0 bridgehead atoms. The maximum atomic E-state index is 12.6. The predicted molar refractivity (Wildman–Crippen MR) is 109 cm³/mol. The summed E-state index contributed by atoms with van der Waals surface area (Å²) in [4.78, 5) is 35.7. The number of esters is 1. The fraction of sp³-hybridized carbons (Fsp3) is 0.409. The zero-order chi connectivity index (χ0) is 21.3. The van der Waals surface area contributed by atoms with Gasteiger partial charge in [-0.15, -0.1) is 0 Å². The van der Waals surface area contributed by atoms with E-state index in [1.807, 2.05) is 33.8 Å². The molecule has 0 aliphatic carbocycles. The summed E-state index contributed by atoms with van der Waals surface area (Å²) in [5.74, 6) is 0.214. The Bertz CT molecular complexity index is 1170. The van der Waals surface area contributed by atoms with Gasteiger partial charge in [0.2, 0.25) is 5.91 Å². The largest absolute Gasteiger partial charge is 0.469 e. The number of rotatable bonds is 6. The van der Waals surface area contributed by atoms with Crippen molar-refractivity contribution in [1.82, 2.24) is 5.32 Å². The van der Waals surface area contributed by atoms with Gasteiger partial charge in [0.05, 0.1) is 13.5 Å². The average molecular weight is 399 g/mol. The Morgan fingerprint density at radius 1 is 0.966 bits per heavy atom. The van der Waals surface area contributed by atoms with Gasteiger partial charge in [0.1, 0.15) is 16.9 Å². The van der Waals surface area contributed by atoms with Crippen molar-refractivity contribution in [3.05, 3.63) is 44.5 Å². The zero-order valence-electron chi connectivity index (χ0n) is 17.4. The molecule has 0 spiro atoms. The molecule has 3 rings (SSSR count). The second-order valence-corrected chi connectivity index (χ2v) is 7.21. The molecular formula is C22H25NO6. The minimum atomic E-state index is -0.445. The Kier molecular flexibility index (Phi) is 5.77. The number of hydrogen-bond donors (Lipinski definition) is 1. The minimum absolute atomic E-state index is 0.109. The summed E-state index contributed by atoms with van der Waals surface area (Å²) in [6.45, 7) is 7.86. The molecule has 154 valence electrons. The lowest BCUT2D eigenvalue weighted by atomic mass is 9.98. The van der Waals surface area contributed by atoms with Crippen LogP contribution in [-0.4, -0.2) is 25.5 Å². The van der Waals surface area contributed by atoms with Crippen LogP contribution in [0.2, 0.25) is 0 Å². The summed E-state index contributed by atoms with van der Waals surface area (Å²) in [5, 5.41) is 4.50. The number of carbonyl (C=O) groups is 2. The van der Waals surface area contributed by atoms with E-state index < -0.39 is 5.63 Å². The first kappa shape index (κ1) is 20.6. The third-order valence-electron chi connectivity index (χ3n) is 5.43. The molecule has 1 amide bonds. The van der Waals surface area contributed by atoms with E-state index in [0.29, 0.717) is 11.1 Å². The summed E-state index contributed by atoms with van der Waals surface area (Å²) in [5.41, 5.74) is 3.94. The Labute approximate surface area is 168 Å². The third-order valence-corrected chi connectivity index (χ3v) is 5.43. The van der Waals surface area contributed by atoms with Gasteiger partial charge in [-0.3, -0.25) is 9.59 Å². The lowest BCUT2D eigenvalue weighted by Gasteiger charge is -2.10. The first-order valence-electron chi connectivity index (χ1n) is 9.53. The molecule has 0 aliphatic rings. The molecule has 7 nitrogen and oxygen atoms in total. The van der Waals surface area contributed by atoms with Crippen molar-refractivity contribution in [2.75, 3.05) is 13.7 Å². The van der Waals surface area contributed by atoms with Crippen molar-refractivity contribution >= 4 is 33.8 Å². The molecule has 29 heavy (non-hydrogen) atoms. The molecule has 2 heterocycles. The molecule has 3 aromatic rings. The first-order valence-corrected chi connectivity index (χ1v) is 9.53. The number of aryl methyl sites for hydroxylation is 4. The van der Waals surface area contributed by atoms with Gasteiger partial charge in [0.25, 0.3) is 0 Å². The number of furan rings is 1. The molecule has 0 saturated heterocycles. The summed E-state index contributed by atoms with van der Waals surface area (Å²) in [6.07, 6.45) is 0.496. The fourth-order valence-electron chi connectivity index (χ4n) is 3.51. The average Bonchev–Trinajstić information content (AvgIpc) is 2.97. The zero-order valence-corrected chi connectivity index (χ0v) is 17.4. The van der Waals surface area contributed by atoms with Gasteiger partial charge in [0, 0.05) is 34.9 Å². The SMILES string of the molecule is COC(=O)CCNC(=O)CCc1c(C)c2cc3c(C)c(C)oc3c(C)c2oc1=O. The van der Waals surface area contributed by atoms with Crippen LogP contribution in [0.3, 0.4) is 0 Å². The maximum absolute atomic E-state index is 12.6. The predicted octanol–water partition coefficient (Wildman–Crippen LogP) is 3.38. The first-order chi connectivity index (χ1) is 13.7. The lowest BCUT2D eigenvalue weighted by Crippen LogP contribution is -2.27. The van der Waals surface area contributed by atoms with Gasteiger partial charge in [-0.2, -0.15) is 0 Å². The van der Waals surface area contributed by atoms with E-state index >= 15 is 0 Å². The van der Waals surface area contributed by atoms with Gasteiger partial charge in [-0.05, 0) is 51.3 Å². The molecule has 0 unspecified atom stereocenters. The van der Waals surface area contributed by atoms with Gasteiger partial charge in [-0.1, -0.05) is 0 Å². The summed E-state index contributed by atoms with van der Waals surface area (Å²) in [7, 11) is 1.30. The molecule has 2 aromatic heterocycles. The van der Waals surface area contributed by atoms with E-state index in [4.69, 9.17) is 8.83 Å². The Morgan fingerprint density at radius 2 is 1.62 bits per heavy atom. The highest BCUT2D eigenvalue weighted by Crippen LogP contribution is 2.34. The Morgan fingerprint density at radius 3 is 2.31 bits per heavy atom. The number of carbonyl (C=O) groups excluding carboxylic acids is 2. The number of nitrogens with one attached hydrogen (secondary N) is 1. The van der Waals surface area contributed by atoms with Crippen molar-refractivity contribution in [3.8, 4) is 0 Å². The number of fused-ring (bicyclic) bond motifs is 2. The van der Waals surface area contributed by atoms with E-state index in [9.17, 15) is 14.4 Å². The highest BCUT2D eigenvalue weighted by atomic mass is 16.5. The number of benzene rings is 1. The van der Waals surface area contributed by atoms with Gasteiger partial charge in [-0.25, -0.2) is 4.79 Å². The third kappa shape index (κ3) is 3.90. The Balaban J connectivity index is 1.88. The molecule has 7 heteroatoms. The van der Waals surface area contributed by atoms with E-state index in [2.05, 4.69) is 10.1 Å². The molecule has 0 fully saturated rings. The quantitative estimate of drug-likeness (QED) is 0.504. The van der Waals surface area contributed by atoms with Crippen molar-refractivity contribution < 1.29 is 23.2 Å². The smallest absolute Gasteiger partial charge is 0.339 e. The maximum Gasteiger partial charge on any atom is 0.339 e. The van der Waals surface area contributed by atoms with E-state index in [-0.39, 0.29) is 37.7 Å². The molecule has 0 saturated carbocycles. The summed E-state index contributed by atoms with van der Waals surface area (Å²) in [6, 6.07) is 1.99. The van der Waals surface area contributed by atoms with Crippen molar-refractivity contribution in [2.45, 2.75) is 47.0 Å². The highest BCUT2D eigenvalue weighted by molar-refractivity contribution is 6.00. The van der Waals surface area contributed by atoms with Gasteiger partial charge < -0.3 is 18.9 Å². The molecule has 1 N–H and O–H groups in total. The fourth-order valence-corrected chi connectivity index (χ4v) is 3.51. The van der Waals surface area contributed by atoms with Gasteiger partial charge in [0.15, 0.2) is 0 Å². The Hall–Kier alpha value is -3.09. The second-order valence-electron chi connectivity index (χ2n) is 7.21. The van der Waals surface area contributed by atoms with Crippen LogP contribution in [0.4, 0.5) is 0 Å². The van der Waals surface area contributed by atoms with E-state index in [0.717, 1.165) is 38.8 Å². The van der Waals surface area contributed by atoms with Crippen LogP contribution in [-0.2, 0) is 20.7 Å². The van der Waals surface area contributed by atoms with Gasteiger partial charge >= 0.3 is 11.6 Å². The van der Waals surface area contributed by atoms with Crippen LogP contribution in [0.5, 0.6) is 0 Å². The second kappa shape index (κ2) is 8.11. The van der Waals surface area contributed by atoms with Crippen LogP contribution in [0.1, 0.15) is 40.9 Å². The molecule has 0 atom stereocenters.